The van der Waals surface area contributed by atoms with E-state index < -0.39 is 8.32 Å². The molecule has 2 aromatic rings. The number of methoxy groups -OCH3 is 1. The predicted molar refractivity (Wildman–Crippen MR) is 120 cm³/mol. The molecule has 160 valence electrons. The van der Waals surface area contributed by atoms with Crippen molar-refractivity contribution in [3.05, 3.63) is 67.3 Å². The summed E-state index contributed by atoms with van der Waals surface area (Å²) in [7, 11) is -0.774. The molecule has 4 rings (SSSR count). The second-order valence-electron chi connectivity index (χ2n) is 9.69. The van der Waals surface area contributed by atoms with Crippen molar-refractivity contribution >= 4 is 18.7 Å². The van der Waals surface area contributed by atoms with Crippen LogP contribution in [-0.4, -0.2) is 33.7 Å². The van der Waals surface area contributed by atoms with Gasteiger partial charge in [0.1, 0.15) is 0 Å². The minimum absolute atomic E-state index is 0. The molecule has 3 nitrogen and oxygen atoms in total. The summed E-state index contributed by atoms with van der Waals surface area (Å²) in [6, 6.07) is 21.6. The Morgan fingerprint density at radius 3 is 2.00 bits per heavy atom. The van der Waals surface area contributed by atoms with Crippen molar-refractivity contribution in [1.82, 2.24) is 0 Å². The zero-order valence-corrected chi connectivity index (χ0v) is 23.9. The van der Waals surface area contributed by atoms with Gasteiger partial charge in [-0.15, -0.1) is 5.92 Å². The van der Waals surface area contributed by atoms with Crippen LogP contribution in [0.2, 0.25) is 5.04 Å². The summed E-state index contributed by atoms with van der Waals surface area (Å²) in [4.78, 5) is 0. The van der Waals surface area contributed by atoms with Crippen LogP contribution in [0.25, 0.3) is 0 Å². The minimum Gasteiger partial charge on any atom is -0.544 e. The number of benzene rings is 2. The summed E-state index contributed by atoms with van der Waals surface area (Å²) in [5, 5.41) is 2.56. The fraction of sp³-hybridized carbons (Fsp3) is 0.480. The number of ether oxygens (including phenoxy) is 2. The number of rotatable bonds is 6. The molecule has 0 amide bonds. The predicted octanol–water partition coefficient (Wildman–Crippen LogP) is 4.16. The van der Waals surface area contributed by atoms with E-state index in [-0.39, 0.29) is 47.9 Å². The van der Waals surface area contributed by atoms with Gasteiger partial charge in [0.25, 0.3) is 8.32 Å². The molecule has 1 aliphatic heterocycles. The third-order valence-corrected chi connectivity index (χ3v) is 11.8. The van der Waals surface area contributed by atoms with Crippen LogP contribution < -0.4 is 10.4 Å². The topological polar surface area (TPSA) is 27.7 Å². The Hall–Kier alpha value is -0.411. The fourth-order valence-corrected chi connectivity index (χ4v) is 10.1. The van der Waals surface area contributed by atoms with Crippen molar-refractivity contribution < 1.29 is 45.0 Å². The van der Waals surface area contributed by atoms with Gasteiger partial charge < -0.3 is 13.9 Å². The quantitative estimate of drug-likeness (QED) is 0.349. The molecule has 0 aromatic heterocycles. The van der Waals surface area contributed by atoms with Crippen molar-refractivity contribution in [3.8, 4) is 0 Å². The van der Waals surface area contributed by atoms with Gasteiger partial charge in [-0.05, 0) is 21.8 Å². The van der Waals surface area contributed by atoms with Gasteiger partial charge >= 0.3 is 0 Å². The molecular weight excluding hydrogens is 614 g/mol. The Labute approximate surface area is 206 Å². The van der Waals surface area contributed by atoms with Gasteiger partial charge in [-0.25, -0.2) is 6.61 Å². The van der Waals surface area contributed by atoms with Crippen molar-refractivity contribution in [2.75, 3.05) is 13.7 Å². The first-order valence-electron chi connectivity index (χ1n) is 10.6. The van der Waals surface area contributed by atoms with Gasteiger partial charge in [0.15, 0.2) is 0 Å². The monoisotopic (exact) mass is 647 g/mol. The molecule has 4 atom stereocenters. The first kappa shape index (κ1) is 24.2. The van der Waals surface area contributed by atoms with Crippen molar-refractivity contribution in [2.45, 2.75) is 50.9 Å². The van der Waals surface area contributed by atoms with Crippen LogP contribution in [0.4, 0.5) is 0 Å². The van der Waals surface area contributed by atoms with E-state index in [4.69, 9.17) is 13.9 Å². The van der Waals surface area contributed by atoms with Crippen molar-refractivity contribution in [1.29, 1.82) is 0 Å². The van der Waals surface area contributed by atoms with Gasteiger partial charge in [0.05, 0.1) is 18.3 Å². The molecule has 2 fully saturated rings. The maximum atomic E-state index is 7.17. The van der Waals surface area contributed by atoms with E-state index >= 15 is 0 Å². The molecule has 0 radical (unpaired) electrons. The molecule has 30 heavy (non-hydrogen) atoms. The molecule has 2 aromatic carbocycles. The van der Waals surface area contributed by atoms with E-state index in [1.807, 2.05) is 6.61 Å². The molecule has 1 saturated carbocycles. The molecule has 1 unspecified atom stereocenters. The number of hydrogen-bond donors (Lipinski definition) is 0. The average molecular weight is 648 g/mol. The van der Waals surface area contributed by atoms with Gasteiger partial charge in [-0.3, -0.25) is 0 Å². The third kappa shape index (κ3) is 3.91. The number of fused-ring (bicyclic) bond motifs is 2. The first-order valence-corrected chi connectivity index (χ1v) is 12.5. The molecule has 2 aliphatic rings. The van der Waals surface area contributed by atoms with Gasteiger partial charge in [0, 0.05) is 38.2 Å². The molecule has 0 N–H and O–H groups in total. The SMILES string of the molecule is CO[C@H]1[C@H]2[CH-]O[C@@]1(CO[Si](c1ccccc1)(c1ccccc1)C(C)(C)C)CC2C.[U]. The molecule has 1 aliphatic carbocycles. The van der Waals surface area contributed by atoms with Gasteiger partial charge in [-0.1, -0.05) is 94.3 Å². The normalized spacial score (nSPS) is 28.4. The van der Waals surface area contributed by atoms with E-state index in [9.17, 15) is 0 Å². The second kappa shape index (κ2) is 9.22. The van der Waals surface area contributed by atoms with Crippen molar-refractivity contribution in [2.24, 2.45) is 11.8 Å². The molecule has 1 saturated heterocycles. The standard InChI is InChI=1S/C25H33O3Si.U/c1-19-16-25(23(26-5)22(19)17-27-25)18-28-29(24(2,3)4,20-12-8-6-9-13-20)21-14-10-7-11-15-21;/h6-15,17,19,22-23H,16,18H2,1-5H3;/q-1;/t19?,22-,23-,25+;/m0./s1. The summed E-state index contributed by atoms with van der Waals surface area (Å²) in [5.41, 5.74) is -0.383. The van der Waals surface area contributed by atoms with Crippen LogP contribution in [0.15, 0.2) is 60.7 Å². The Morgan fingerprint density at radius 1 is 1.03 bits per heavy atom. The van der Waals surface area contributed by atoms with E-state index in [0.29, 0.717) is 18.4 Å². The average Bonchev–Trinajstić information content (AvgIpc) is 3.20. The summed E-state index contributed by atoms with van der Waals surface area (Å²) in [6.07, 6.45) is 1.04. The van der Waals surface area contributed by atoms with Crippen LogP contribution in [0.5, 0.6) is 0 Å². The summed E-state index contributed by atoms with van der Waals surface area (Å²) in [5.74, 6) is 0.902. The Morgan fingerprint density at radius 2 is 1.57 bits per heavy atom. The van der Waals surface area contributed by atoms with E-state index in [1.165, 1.54) is 10.4 Å². The molecule has 2 bridgehead atoms. The molecule has 1 heterocycles. The van der Waals surface area contributed by atoms with Crippen LogP contribution in [0.3, 0.4) is 0 Å². The largest absolute Gasteiger partial charge is 0.544 e. The Bertz CT molecular complexity index is 784. The van der Waals surface area contributed by atoms with Gasteiger partial charge in [0.2, 0.25) is 0 Å². The van der Waals surface area contributed by atoms with Crippen LogP contribution in [-0.2, 0) is 13.9 Å². The van der Waals surface area contributed by atoms with Crippen LogP contribution in [0, 0.1) is 49.6 Å². The van der Waals surface area contributed by atoms with E-state index in [2.05, 4.69) is 88.4 Å². The Kier molecular flexibility index (Phi) is 7.45. The van der Waals surface area contributed by atoms with Crippen LogP contribution >= 0.6 is 0 Å². The third-order valence-electron chi connectivity index (χ3n) is 6.86. The van der Waals surface area contributed by atoms with E-state index in [0.717, 1.165) is 6.42 Å². The minimum atomic E-state index is -2.58. The summed E-state index contributed by atoms with van der Waals surface area (Å²) < 4.78 is 19.3. The smallest absolute Gasteiger partial charge is 0.261 e. The zero-order chi connectivity index (χ0) is 20.7. The van der Waals surface area contributed by atoms with E-state index in [1.54, 1.807) is 7.11 Å². The molecule has 0 spiro atoms. The Balaban J connectivity index is 0.00000256. The number of hydrogen-bond acceptors (Lipinski definition) is 3. The first-order chi connectivity index (χ1) is 13.8. The maximum Gasteiger partial charge on any atom is 0.261 e. The molecular formula is C25H33O3SiU-. The maximum absolute atomic E-state index is 7.17. The summed E-state index contributed by atoms with van der Waals surface area (Å²) in [6.45, 7) is 11.8. The second-order valence-corrected chi connectivity index (χ2v) is 14.0. The van der Waals surface area contributed by atoms with Crippen molar-refractivity contribution in [3.63, 3.8) is 0 Å². The molecule has 5 heteroatoms. The fourth-order valence-electron chi connectivity index (χ4n) is 5.52. The zero-order valence-electron chi connectivity index (χ0n) is 18.7. The summed E-state index contributed by atoms with van der Waals surface area (Å²) >= 11 is 0. The van der Waals surface area contributed by atoms with Gasteiger partial charge in [-0.2, -0.15) is 0 Å². The van der Waals surface area contributed by atoms with Crippen LogP contribution in [0.1, 0.15) is 34.1 Å².